The van der Waals surface area contributed by atoms with E-state index < -0.39 is 23.9 Å². The van der Waals surface area contributed by atoms with E-state index in [-0.39, 0.29) is 13.2 Å². The fourth-order valence-electron chi connectivity index (χ4n) is 2.19. The Bertz CT molecular complexity index is 833. The van der Waals surface area contributed by atoms with Crippen molar-refractivity contribution in [2.45, 2.75) is 26.9 Å². The molecule has 0 aliphatic heterocycles. The standard InChI is InChI=1S/C21H24N2O6/c1-4-27-21(26)16-7-11-17(12-8-16)28-13-19(24)22-23-20(25)15(3)29-18-9-5-14(2)6-10-18/h5-12,15H,4,13H2,1-3H3,(H,22,24)(H,23,25). The van der Waals surface area contributed by atoms with E-state index in [4.69, 9.17) is 14.2 Å². The molecule has 2 aromatic rings. The van der Waals surface area contributed by atoms with Crippen LogP contribution in [0, 0.1) is 6.92 Å². The Morgan fingerprint density at radius 3 is 2.17 bits per heavy atom. The first-order valence-corrected chi connectivity index (χ1v) is 9.11. The first-order chi connectivity index (χ1) is 13.9. The summed E-state index contributed by atoms with van der Waals surface area (Å²) in [6.45, 7) is 5.22. The molecule has 1 unspecified atom stereocenters. The number of esters is 1. The second-order valence-electron chi connectivity index (χ2n) is 6.14. The first-order valence-electron chi connectivity index (χ1n) is 9.11. The lowest BCUT2D eigenvalue weighted by Crippen LogP contribution is -2.48. The lowest BCUT2D eigenvalue weighted by molar-refractivity contribution is -0.133. The molecule has 2 aromatic carbocycles. The van der Waals surface area contributed by atoms with Crippen LogP contribution in [0.5, 0.6) is 11.5 Å². The first kappa shape index (κ1) is 21.7. The molecule has 0 saturated heterocycles. The fraction of sp³-hybridized carbons (Fsp3) is 0.286. The zero-order chi connectivity index (χ0) is 21.2. The second kappa shape index (κ2) is 10.7. The van der Waals surface area contributed by atoms with Gasteiger partial charge in [0.25, 0.3) is 11.8 Å². The molecule has 2 rings (SSSR count). The van der Waals surface area contributed by atoms with Gasteiger partial charge in [-0.15, -0.1) is 0 Å². The number of ether oxygens (including phenoxy) is 3. The van der Waals surface area contributed by atoms with Crippen LogP contribution in [-0.2, 0) is 14.3 Å². The lowest BCUT2D eigenvalue weighted by Gasteiger charge is -2.15. The van der Waals surface area contributed by atoms with E-state index in [1.165, 1.54) is 12.1 Å². The minimum absolute atomic E-state index is 0.289. The number of benzene rings is 2. The minimum Gasteiger partial charge on any atom is -0.484 e. The largest absolute Gasteiger partial charge is 0.484 e. The Labute approximate surface area is 169 Å². The molecule has 0 radical (unpaired) electrons. The number of aryl methyl sites for hydroxylation is 1. The number of rotatable bonds is 8. The Kier molecular flexibility index (Phi) is 8.02. The highest BCUT2D eigenvalue weighted by Gasteiger charge is 2.15. The third-order valence-corrected chi connectivity index (χ3v) is 3.76. The summed E-state index contributed by atoms with van der Waals surface area (Å²) in [4.78, 5) is 35.4. The van der Waals surface area contributed by atoms with Gasteiger partial charge in [0.15, 0.2) is 12.7 Å². The molecule has 0 heterocycles. The molecular weight excluding hydrogens is 376 g/mol. The third kappa shape index (κ3) is 7.17. The van der Waals surface area contributed by atoms with Gasteiger partial charge in [-0.2, -0.15) is 0 Å². The molecule has 154 valence electrons. The number of hydrogen-bond acceptors (Lipinski definition) is 6. The van der Waals surface area contributed by atoms with E-state index in [0.717, 1.165) is 5.56 Å². The van der Waals surface area contributed by atoms with Crippen molar-refractivity contribution < 1.29 is 28.6 Å². The van der Waals surface area contributed by atoms with Crippen LogP contribution in [0.1, 0.15) is 29.8 Å². The molecular formula is C21H24N2O6. The molecule has 0 fully saturated rings. The smallest absolute Gasteiger partial charge is 0.338 e. The zero-order valence-electron chi connectivity index (χ0n) is 16.6. The molecule has 2 N–H and O–H groups in total. The predicted molar refractivity (Wildman–Crippen MR) is 105 cm³/mol. The topological polar surface area (TPSA) is 103 Å². The van der Waals surface area contributed by atoms with Crippen molar-refractivity contribution in [1.82, 2.24) is 10.9 Å². The summed E-state index contributed by atoms with van der Waals surface area (Å²) >= 11 is 0. The Balaban J connectivity index is 1.72. The summed E-state index contributed by atoms with van der Waals surface area (Å²) in [5.41, 5.74) is 6.01. The highest BCUT2D eigenvalue weighted by Crippen LogP contribution is 2.14. The van der Waals surface area contributed by atoms with Gasteiger partial charge in [0, 0.05) is 0 Å². The van der Waals surface area contributed by atoms with Crippen LogP contribution in [-0.4, -0.2) is 37.1 Å². The summed E-state index contributed by atoms with van der Waals surface area (Å²) in [7, 11) is 0. The maximum atomic E-state index is 12.0. The highest BCUT2D eigenvalue weighted by atomic mass is 16.5. The SMILES string of the molecule is CCOC(=O)c1ccc(OCC(=O)NNC(=O)C(C)Oc2ccc(C)cc2)cc1. The van der Waals surface area contributed by atoms with Crippen LogP contribution in [0.2, 0.25) is 0 Å². The molecule has 0 bridgehead atoms. The number of carbonyl (C=O) groups excluding carboxylic acids is 3. The van der Waals surface area contributed by atoms with E-state index in [9.17, 15) is 14.4 Å². The molecule has 8 nitrogen and oxygen atoms in total. The molecule has 0 aromatic heterocycles. The summed E-state index contributed by atoms with van der Waals surface area (Å²) in [5, 5.41) is 0. The quantitative estimate of drug-likeness (QED) is 0.520. The molecule has 1 atom stereocenters. The second-order valence-corrected chi connectivity index (χ2v) is 6.14. The van der Waals surface area contributed by atoms with Gasteiger partial charge in [-0.3, -0.25) is 20.4 Å². The van der Waals surface area contributed by atoms with Crippen LogP contribution in [0.3, 0.4) is 0 Å². The number of amides is 2. The summed E-state index contributed by atoms with van der Waals surface area (Å²) in [6, 6.07) is 13.5. The van der Waals surface area contributed by atoms with Gasteiger partial charge in [-0.1, -0.05) is 17.7 Å². The van der Waals surface area contributed by atoms with Crippen molar-refractivity contribution in [2.75, 3.05) is 13.2 Å². The highest BCUT2D eigenvalue weighted by molar-refractivity contribution is 5.89. The summed E-state index contributed by atoms with van der Waals surface area (Å²) in [5.74, 6) is -0.524. The average molecular weight is 400 g/mol. The van der Waals surface area contributed by atoms with Gasteiger partial charge in [-0.05, 0) is 57.2 Å². The molecule has 0 aliphatic rings. The number of nitrogens with one attached hydrogen (secondary N) is 2. The lowest BCUT2D eigenvalue weighted by atomic mass is 10.2. The van der Waals surface area contributed by atoms with Gasteiger partial charge in [0.2, 0.25) is 0 Å². The van der Waals surface area contributed by atoms with Crippen molar-refractivity contribution in [1.29, 1.82) is 0 Å². The Morgan fingerprint density at radius 1 is 0.931 bits per heavy atom. The fourth-order valence-corrected chi connectivity index (χ4v) is 2.19. The van der Waals surface area contributed by atoms with Gasteiger partial charge in [0.1, 0.15) is 11.5 Å². The van der Waals surface area contributed by atoms with Crippen molar-refractivity contribution in [2.24, 2.45) is 0 Å². The molecule has 0 saturated carbocycles. The maximum absolute atomic E-state index is 12.0. The van der Waals surface area contributed by atoms with E-state index >= 15 is 0 Å². The van der Waals surface area contributed by atoms with Crippen molar-refractivity contribution >= 4 is 17.8 Å². The van der Waals surface area contributed by atoms with Gasteiger partial charge >= 0.3 is 5.97 Å². The van der Waals surface area contributed by atoms with Gasteiger partial charge in [-0.25, -0.2) is 4.79 Å². The number of hydrazine groups is 1. The number of hydrogen-bond donors (Lipinski definition) is 2. The molecule has 2 amide bonds. The normalized spacial score (nSPS) is 11.1. The monoisotopic (exact) mass is 400 g/mol. The average Bonchev–Trinajstić information content (AvgIpc) is 2.72. The van der Waals surface area contributed by atoms with Crippen LogP contribution < -0.4 is 20.3 Å². The zero-order valence-corrected chi connectivity index (χ0v) is 16.6. The predicted octanol–water partition coefficient (Wildman–Crippen LogP) is 2.17. The molecule has 0 aliphatic carbocycles. The van der Waals surface area contributed by atoms with E-state index in [2.05, 4.69) is 10.9 Å². The van der Waals surface area contributed by atoms with Crippen LogP contribution in [0.25, 0.3) is 0 Å². The van der Waals surface area contributed by atoms with E-state index in [0.29, 0.717) is 17.1 Å². The van der Waals surface area contributed by atoms with Crippen LogP contribution >= 0.6 is 0 Å². The Hall–Kier alpha value is -3.55. The molecule has 8 heteroatoms. The van der Waals surface area contributed by atoms with Crippen LogP contribution in [0.15, 0.2) is 48.5 Å². The maximum Gasteiger partial charge on any atom is 0.338 e. The summed E-state index contributed by atoms with van der Waals surface area (Å²) < 4.78 is 15.7. The molecule has 0 spiro atoms. The third-order valence-electron chi connectivity index (χ3n) is 3.76. The van der Waals surface area contributed by atoms with Crippen molar-refractivity contribution in [3.8, 4) is 11.5 Å². The van der Waals surface area contributed by atoms with Crippen molar-refractivity contribution in [3.05, 3.63) is 59.7 Å². The van der Waals surface area contributed by atoms with E-state index in [1.54, 1.807) is 38.1 Å². The Morgan fingerprint density at radius 2 is 1.55 bits per heavy atom. The van der Waals surface area contributed by atoms with E-state index in [1.807, 2.05) is 19.1 Å². The molecule has 29 heavy (non-hydrogen) atoms. The number of carbonyl (C=O) groups is 3. The summed E-state index contributed by atoms with van der Waals surface area (Å²) in [6.07, 6.45) is -0.797. The van der Waals surface area contributed by atoms with Gasteiger partial charge < -0.3 is 14.2 Å². The minimum atomic E-state index is -0.797. The van der Waals surface area contributed by atoms with Crippen molar-refractivity contribution in [3.63, 3.8) is 0 Å². The van der Waals surface area contributed by atoms with Gasteiger partial charge in [0.05, 0.1) is 12.2 Å². The van der Waals surface area contributed by atoms with Crippen LogP contribution in [0.4, 0.5) is 0 Å².